The summed E-state index contributed by atoms with van der Waals surface area (Å²) in [5, 5.41) is 13.0. The Labute approximate surface area is 173 Å². The van der Waals surface area contributed by atoms with Crippen molar-refractivity contribution in [2.24, 2.45) is 5.41 Å². The van der Waals surface area contributed by atoms with E-state index in [9.17, 15) is 14.7 Å². The minimum absolute atomic E-state index is 0.147. The molecule has 1 fully saturated rings. The molecule has 2 aliphatic rings. The number of nitrogens with one attached hydrogen (secondary N) is 1. The monoisotopic (exact) mass is 415 g/mol. The molecule has 3 heterocycles. The van der Waals surface area contributed by atoms with Crippen LogP contribution in [-0.2, 0) is 17.6 Å². The molecule has 2 aromatic heterocycles. The van der Waals surface area contributed by atoms with Crippen molar-refractivity contribution in [3.63, 3.8) is 0 Å². The van der Waals surface area contributed by atoms with Gasteiger partial charge in [0.15, 0.2) is 0 Å². The highest BCUT2D eigenvalue weighted by molar-refractivity contribution is 7.17. The number of morpholine rings is 1. The van der Waals surface area contributed by atoms with Gasteiger partial charge in [-0.1, -0.05) is 13.8 Å². The molecule has 0 aromatic carbocycles. The van der Waals surface area contributed by atoms with Gasteiger partial charge in [-0.3, -0.25) is 4.79 Å². The van der Waals surface area contributed by atoms with Crippen LogP contribution < -0.4 is 10.2 Å². The number of ether oxygens (including phenoxy) is 1. The zero-order chi connectivity index (χ0) is 20.6. The van der Waals surface area contributed by atoms with Crippen molar-refractivity contribution in [3.05, 3.63) is 39.9 Å². The Bertz CT molecular complexity index is 930. The van der Waals surface area contributed by atoms with Crippen molar-refractivity contribution in [2.45, 2.75) is 33.1 Å². The lowest BCUT2D eigenvalue weighted by molar-refractivity contribution is 0.0696. The number of anilines is 2. The van der Waals surface area contributed by atoms with Gasteiger partial charge in [0.25, 0.3) is 5.91 Å². The van der Waals surface area contributed by atoms with Crippen LogP contribution in [0.4, 0.5) is 10.8 Å². The van der Waals surface area contributed by atoms with E-state index in [-0.39, 0.29) is 16.9 Å². The third kappa shape index (κ3) is 4.13. The van der Waals surface area contributed by atoms with Crippen molar-refractivity contribution in [1.29, 1.82) is 0 Å². The maximum atomic E-state index is 12.7. The number of aromatic nitrogens is 1. The van der Waals surface area contributed by atoms with E-state index in [1.165, 1.54) is 17.5 Å². The van der Waals surface area contributed by atoms with Gasteiger partial charge in [-0.15, -0.1) is 11.3 Å². The van der Waals surface area contributed by atoms with Crippen molar-refractivity contribution in [1.82, 2.24) is 4.98 Å². The van der Waals surface area contributed by atoms with Crippen LogP contribution in [-0.4, -0.2) is 48.3 Å². The summed E-state index contributed by atoms with van der Waals surface area (Å²) in [6, 6.07) is 3.55. The fourth-order valence-electron chi connectivity index (χ4n) is 3.90. The Morgan fingerprint density at radius 3 is 2.69 bits per heavy atom. The molecule has 1 saturated heterocycles. The van der Waals surface area contributed by atoms with Crippen molar-refractivity contribution >= 4 is 34.0 Å². The molecule has 2 N–H and O–H groups in total. The van der Waals surface area contributed by atoms with Gasteiger partial charge >= 0.3 is 5.97 Å². The second-order valence-electron chi connectivity index (χ2n) is 8.31. The number of fused-ring (bicyclic) bond motifs is 1. The molecule has 0 saturated carbocycles. The molecule has 2 aromatic rings. The van der Waals surface area contributed by atoms with Crippen LogP contribution in [0.3, 0.4) is 0 Å². The van der Waals surface area contributed by atoms with E-state index in [0.29, 0.717) is 23.8 Å². The standard InChI is InChI=1S/C21H25N3O4S/c1-21(2)6-5-14-15(11-21)29-19(17(14)20(26)27)23-18(25)13-3-4-16(22-12-13)24-7-9-28-10-8-24/h3-4,12H,5-11H2,1-2H3,(H,23,25)(H,26,27). The van der Waals surface area contributed by atoms with Crippen molar-refractivity contribution in [2.75, 3.05) is 36.5 Å². The lowest BCUT2D eigenvalue weighted by Gasteiger charge is -2.29. The topological polar surface area (TPSA) is 91.8 Å². The highest BCUT2D eigenvalue weighted by atomic mass is 32.1. The quantitative estimate of drug-likeness (QED) is 0.795. The summed E-state index contributed by atoms with van der Waals surface area (Å²) in [7, 11) is 0. The number of hydrogen-bond acceptors (Lipinski definition) is 6. The maximum Gasteiger partial charge on any atom is 0.339 e. The second kappa shape index (κ2) is 7.76. The van der Waals surface area contributed by atoms with Crippen LogP contribution in [0.2, 0.25) is 0 Å². The summed E-state index contributed by atoms with van der Waals surface area (Å²) < 4.78 is 5.35. The zero-order valence-electron chi connectivity index (χ0n) is 16.7. The number of amides is 1. The van der Waals surface area contributed by atoms with Crippen LogP contribution in [0.1, 0.15) is 51.4 Å². The lowest BCUT2D eigenvalue weighted by Crippen LogP contribution is -2.36. The first-order chi connectivity index (χ1) is 13.8. The van der Waals surface area contributed by atoms with Crippen LogP contribution in [0.5, 0.6) is 0 Å². The molecule has 0 spiro atoms. The van der Waals surface area contributed by atoms with E-state index >= 15 is 0 Å². The number of carboxylic acids is 1. The Balaban J connectivity index is 1.54. The van der Waals surface area contributed by atoms with Crippen LogP contribution >= 0.6 is 11.3 Å². The van der Waals surface area contributed by atoms with Gasteiger partial charge in [-0.2, -0.15) is 0 Å². The normalized spacial score (nSPS) is 18.2. The average molecular weight is 416 g/mol. The largest absolute Gasteiger partial charge is 0.478 e. The second-order valence-corrected chi connectivity index (χ2v) is 9.42. The molecule has 8 heteroatoms. The van der Waals surface area contributed by atoms with Gasteiger partial charge < -0.3 is 20.1 Å². The van der Waals surface area contributed by atoms with Crippen molar-refractivity contribution < 1.29 is 19.4 Å². The summed E-state index contributed by atoms with van der Waals surface area (Å²) in [6.45, 7) is 7.27. The van der Waals surface area contributed by atoms with E-state index in [2.05, 4.69) is 29.0 Å². The fourth-order valence-corrected chi connectivity index (χ4v) is 5.39. The molecule has 0 atom stereocenters. The predicted octanol–water partition coefficient (Wildman–Crippen LogP) is 3.45. The summed E-state index contributed by atoms with van der Waals surface area (Å²) in [6.07, 6.45) is 4.04. The fraction of sp³-hybridized carbons (Fsp3) is 0.476. The van der Waals surface area contributed by atoms with E-state index in [1.807, 2.05) is 6.07 Å². The molecular formula is C21H25N3O4S. The Morgan fingerprint density at radius 1 is 1.28 bits per heavy atom. The number of thiophene rings is 1. The highest BCUT2D eigenvalue weighted by Crippen LogP contribution is 2.43. The summed E-state index contributed by atoms with van der Waals surface area (Å²) in [4.78, 5) is 32.2. The maximum absolute atomic E-state index is 12.7. The van der Waals surface area contributed by atoms with E-state index in [1.54, 1.807) is 6.07 Å². The van der Waals surface area contributed by atoms with E-state index in [4.69, 9.17) is 4.74 Å². The Kier molecular flexibility index (Phi) is 5.31. The number of pyridine rings is 1. The molecule has 1 amide bonds. The molecule has 7 nitrogen and oxygen atoms in total. The molecule has 0 unspecified atom stereocenters. The van der Waals surface area contributed by atoms with E-state index in [0.717, 1.165) is 48.6 Å². The number of carbonyl (C=O) groups excluding carboxylic acids is 1. The lowest BCUT2D eigenvalue weighted by atomic mass is 9.77. The predicted molar refractivity (Wildman–Crippen MR) is 112 cm³/mol. The zero-order valence-corrected chi connectivity index (χ0v) is 17.5. The molecule has 1 aliphatic carbocycles. The van der Waals surface area contributed by atoms with Crippen LogP contribution in [0.25, 0.3) is 0 Å². The number of rotatable bonds is 4. The van der Waals surface area contributed by atoms with Gasteiger partial charge in [0.05, 0.1) is 24.3 Å². The molecule has 29 heavy (non-hydrogen) atoms. The Morgan fingerprint density at radius 2 is 2.03 bits per heavy atom. The number of aromatic carboxylic acids is 1. The van der Waals surface area contributed by atoms with Crippen LogP contribution in [0.15, 0.2) is 18.3 Å². The highest BCUT2D eigenvalue weighted by Gasteiger charge is 2.32. The molecule has 0 bridgehead atoms. The minimum Gasteiger partial charge on any atom is -0.478 e. The molecule has 4 rings (SSSR count). The minimum atomic E-state index is -0.988. The van der Waals surface area contributed by atoms with Crippen molar-refractivity contribution in [3.8, 4) is 0 Å². The van der Waals surface area contributed by atoms with Gasteiger partial charge in [0.1, 0.15) is 10.8 Å². The number of carboxylic acid groups (broad SMARTS) is 1. The van der Waals surface area contributed by atoms with Gasteiger partial charge in [0.2, 0.25) is 0 Å². The molecule has 0 radical (unpaired) electrons. The summed E-state index contributed by atoms with van der Waals surface area (Å²) >= 11 is 1.39. The number of carbonyl (C=O) groups is 2. The summed E-state index contributed by atoms with van der Waals surface area (Å²) in [5.74, 6) is -0.519. The third-order valence-corrected chi connectivity index (χ3v) is 6.72. The van der Waals surface area contributed by atoms with Gasteiger partial charge in [-0.25, -0.2) is 9.78 Å². The number of nitrogens with zero attached hydrogens (tertiary/aromatic N) is 2. The first-order valence-corrected chi connectivity index (χ1v) is 10.6. The Hall–Kier alpha value is -2.45. The average Bonchev–Trinajstić information content (AvgIpc) is 3.04. The summed E-state index contributed by atoms with van der Waals surface area (Å²) in [5.41, 5.74) is 1.67. The first kappa shape index (κ1) is 19.8. The van der Waals surface area contributed by atoms with E-state index < -0.39 is 5.97 Å². The smallest absolute Gasteiger partial charge is 0.339 e. The third-order valence-electron chi connectivity index (χ3n) is 5.57. The van der Waals surface area contributed by atoms with Gasteiger partial charge in [0, 0.05) is 24.2 Å². The first-order valence-electron chi connectivity index (χ1n) is 9.82. The SMILES string of the molecule is CC1(C)CCc2c(sc(NC(=O)c3ccc(N4CCOCC4)nc3)c2C(=O)O)C1. The molecule has 154 valence electrons. The number of hydrogen-bond donors (Lipinski definition) is 2. The van der Waals surface area contributed by atoms with Crippen LogP contribution in [0, 0.1) is 5.41 Å². The van der Waals surface area contributed by atoms with Gasteiger partial charge in [-0.05, 0) is 42.4 Å². The molecular weight excluding hydrogens is 390 g/mol. The molecule has 1 aliphatic heterocycles.